The van der Waals surface area contributed by atoms with Crippen molar-refractivity contribution in [1.82, 2.24) is 0 Å². The highest BCUT2D eigenvalue weighted by atomic mass is 79.9. The lowest BCUT2D eigenvalue weighted by molar-refractivity contribution is -0.140. The Bertz CT molecular complexity index is 672. The first-order valence-electron chi connectivity index (χ1n) is 10.3. The van der Waals surface area contributed by atoms with Gasteiger partial charge >= 0.3 is 5.97 Å². The quantitative estimate of drug-likeness (QED) is 0.425. The van der Waals surface area contributed by atoms with Crippen LogP contribution in [0.5, 0.6) is 0 Å². The number of halogens is 1. The maximum absolute atomic E-state index is 12.0. The molecule has 1 aromatic carbocycles. The van der Waals surface area contributed by atoms with Crippen LogP contribution in [0.1, 0.15) is 73.9 Å². The molecule has 0 bridgehead atoms. The molecule has 28 heavy (non-hydrogen) atoms. The van der Waals surface area contributed by atoms with Crippen LogP contribution in [0, 0.1) is 12.8 Å². The first kappa shape index (κ1) is 23.1. The normalized spacial score (nSPS) is 19.2. The fourth-order valence-corrected chi connectivity index (χ4v) is 4.70. The zero-order valence-electron chi connectivity index (χ0n) is 17.6. The Morgan fingerprint density at radius 2 is 1.93 bits per heavy atom. The number of rotatable bonds is 6. The van der Waals surface area contributed by atoms with Gasteiger partial charge in [-0.15, -0.1) is 0 Å². The average Bonchev–Trinajstić information content (AvgIpc) is 3.50. The molecule has 1 heterocycles. The van der Waals surface area contributed by atoms with Gasteiger partial charge in [-0.05, 0) is 62.1 Å². The second-order valence-electron chi connectivity index (χ2n) is 7.91. The molecule has 1 saturated carbocycles. The highest BCUT2D eigenvalue weighted by Crippen LogP contribution is 2.52. The first-order valence-corrected chi connectivity index (χ1v) is 11.2. The molecule has 0 spiro atoms. The summed E-state index contributed by atoms with van der Waals surface area (Å²) in [6.45, 7) is 7.88. The summed E-state index contributed by atoms with van der Waals surface area (Å²) in [4.78, 5) is 23.2. The highest BCUT2D eigenvalue weighted by Gasteiger charge is 2.51. The van der Waals surface area contributed by atoms with Crippen molar-refractivity contribution in [2.24, 2.45) is 5.92 Å². The number of hydrogen-bond donors (Lipinski definition) is 0. The molecule has 2 fully saturated rings. The molecule has 0 amide bonds. The number of hydrogen-bond acceptors (Lipinski definition) is 4. The minimum atomic E-state index is -0.524. The molecule has 2 aliphatic rings. The van der Waals surface area contributed by atoms with Crippen LogP contribution in [0.3, 0.4) is 0 Å². The minimum absolute atomic E-state index is 0.174. The largest absolute Gasteiger partial charge is 0.468 e. The number of methoxy groups -OCH3 is 1. The maximum Gasteiger partial charge on any atom is 0.324 e. The van der Waals surface area contributed by atoms with E-state index in [9.17, 15) is 9.59 Å². The summed E-state index contributed by atoms with van der Waals surface area (Å²) in [6, 6.07) is 5.78. The van der Waals surface area contributed by atoms with Gasteiger partial charge in [0.2, 0.25) is 0 Å². The summed E-state index contributed by atoms with van der Waals surface area (Å²) >= 11 is 3.38. The molecule has 3 rings (SSSR count). The Morgan fingerprint density at radius 3 is 2.43 bits per heavy atom. The number of aryl methyl sites for hydroxylation is 1. The summed E-state index contributed by atoms with van der Waals surface area (Å²) in [6.07, 6.45) is 7.07. The van der Waals surface area contributed by atoms with E-state index in [2.05, 4.69) is 22.9 Å². The van der Waals surface area contributed by atoms with E-state index in [0.29, 0.717) is 0 Å². The van der Waals surface area contributed by atoms with Gasteiger partial charge in [-0.25, -0.2) is 0 Å². The minimum Gasteiger partial charge on any atom is -0.468 e. The third-order valence-electron chi connectivity index (χ3n) is 5.93. The van der Waals surface area contributed by atoms with Crippen LogP contribution in [-0.4, -0.2) is 32.1 Å². The van der Waals surface area contributed by atoms with Crippen LogP contribution in [0.2, 0.25) is 0 Å². The van der Waals surface area contributed by atoms with Crippen molar-refractivity contribution in [2.75, 3.05) is 20.3 Å². The van der Waals surface area contributed by atoms with Crippen LogP contribution in [0.15, 0.2) is 18.2 Å². The van der Waals surface area contributed by atoms with Gasteiger partial charge in [-0.3, -0.25) is 9.59 Å². The van der Waals surface area contributed by atoms with E-state index in [1.807, 2.05) is 25.1 Å². The summed E-state index contributed by atoms with van der Waals surface area (Å²) in [5.41, 5.74) is 2.51. The molecule has 1 atom stereocenters. The van der Waals surface area contributed by atoms with Gasteiger partial charge in [0.25, 0.3) is 0 Å². The number of carbonyl (C=O) groups is 2. The first-order chi connectivity index (χ1) is 13.4. The van der Waals surface area contributed by atoms with E-state index < -0.39 is 4.83 Å². The maximum atomic E-state index is 12.0. The van der Waals surface area contributed by atoms with Crippen LogP contribution in [-0.2, 0) is 24.5 Å². The number of alkyl halides is 1. The van der Waals surface area contributed by atoms with Crippen molar-refractivity contribution in [3.63, 3.8) is 0 Å². The summed E-state index contributed by atoms with van der Waals surface area (Å²) in [7, 11) is 1.37. The summed E-state index contributed by atoms with van der Waals surface area (Å²) in [5.74, 6) is 0.808. The third kappa shape index (κ3) is 5.44. The average molecular weight is 453 g/mol. The van der Waals surface area contributed by atoms with E-state index in [0.717, 1.165) is 48.7 Å². The monoisotopic (exact) mass is 452 g/mol. The Hall–Kier alpha value is -1.20. The van der Waals surface area contributed by atoms with Crippen molar-refractivity contribution in [3.05, 3.63) is 34.9 Å². The predicted molar refractivity (Wildman–Crippen MR) is 115 cm³/mol. The van der Waals surface area contributed by atoms with Crippen LogP contribution in [0.4, 0.5) is 0 Å². The van der Waals surface area contributed by atoms with Crippen LogP contribution in [0.25, 0.3) is 0 Å². The summed E-state index contributed by atoms with van der Waals surface area (Å²) < 4.78 is 10.0. The van der Waals surface area contributed by atoms with E-state index in [1.165, 1.54) is 32.8 Å². The lowest BCUT2D eigenvalue weighted by Crippen LogP contribution is -2.22. The van der Waals surface area contributed by atoms with Gasteiger partial charge in [0.1, 0.15) is 10.6 Å². The molecule has 1 aromatic rings. The number of Topliss-reactive ketones (excluding diaryl/α,β-unsaturated/α-hetero) is 1. The zero-order chi connectivity index (χ0) is 20.7. The smallest absolute Gasteiger partial charge is 0.324 e. The SMILES string of the molecule is CCCC1CCOCC1.COC(=O)C(Br)c1cccc(C)c1C1(C(C)=O)CC1. The van der Waals surface area contributed by atoms with Gasteiger partial charge in [-0.2, -0.15) is 0 Å². The van der Waals surface area contributed by atoms with E-state index >= 15 is 0 Å². The second kappa shape index (κ2) is 10.5. The molecule has 0 N–H and O–H groups in total. The van der Waals surface area contributed by atoms with Gasteiger partial charge in [-0.1, -0.05) is 53.9 Å². The van der Waals surface area contributed by atoms with E-state index in [1.54, 1.807) is 6.92 Å². The van der Waals surface area contributed by atoms with Crippen LogP contribution < -0.4 is 0 Å². The molecule has 5 heteroatoms. The Balaban J connectivity index is 0.000000261. The van der Waals surface area contributed by atoms with Crippen molar-refractivity contribution in [3.8, 4) is 0 Å². The Kier molecular flexibility index (Phi) is 8.69. The van der Waals surface area contributed by atoms with Gasteiger partial charge < -0.3 is 9.47 Å². The fourth-order valence-electron chi connectivity index (χ4n) is 4.13. The number of carbonyl (C=O) groups excluding carboxylic acids is 2. The van der Waals surface area contributed by atoms with E-state index in [4.69, 9.17) is 9.47 Å². The fraction of sp³-hybridized carbons (Fsp3) is 0.652. The zero-order valence-corrected chi connectivity index (χ0v) is 19.1. The Morgan fingerprint density at radius 1 is 1.29 bits per heavy atom. The second-order valence-corrected chi connectivity index (χ2v) is 8.82. The van der Waals surface area contributed by atoms with Crippen LogP contribution >= 0.6 is 15.9 Å². The number of ether oxygens (including phenoxy) is 2. The van der Waals surface area contributed by atoms with Gasteiger partial charge in [0.15, 0.2) is 0 Å². The third-order valence-corrected chi connectivity index (χ3v) is 6.79. The molecule has 156 valence electrons. The Labute approximate surface area is 177 Å². The molecule has 4 nitrogen and oxygen atoms in total. The van der Waals surface area contributed by atoms with Crippen molar-refractivity contribution in [2.45, 2.75) is 69.5 Å². The lowest BCUT2D eigenvalue weighted by atomic mass is 9.84. The number of esters is 1. The van der Waals surface area contributed by atoms with Gasteiger partial charge in [0, 0.05) is 13.2 Å². The summed E-state index contributed by atoms with van der Waals surface area (Å²) in [5, 5.41) is 0. The van der Waals surface area contributed by atoms with Crippen molar-refractivity contribution < 1.29 is 19.1 Å². The standard InChI is InChI=1S/C15H17BrO3.C8H16O/c1-9-5-4-6-11(13(16)14(18)19-3)12(9)15(7-8-15)10(2)17;1-2-3-8-4-6-9-7-5-8/h4-6,13H,7-8H2,1-3H3;8H,2-7H2,1H3. The molecular weight excluding hydrogens is 420 g/mol. The topological polar surface area (TPSA) is 52.6 Å². The molecule has 1 aliphatic carbocycles. The highest BCUT2D eigenvalue weighted by molar-refractivity contribution is 9.09. The molecular formula is C23H33BrO4. The molecule has 1 aliphatic heterocycles. The number of benzene rings is 1. The van der Waals surface area contributed by atoms with Crippen molar-refractivity contribution >= 4 is 27.7 Å². The molecule has 1 saturated heterocycles. The molecule has 1 unspecified atom stereocenters. The number of ketones is 1. The lowest BCUT2D eigenvalue weighted by Gasteiger charge is -2.21. The van der Waals surface area contributed by atoms with Gasteiger partial charge in [0.05, 0.1) is 12.5 Å². The van der Waals surface area contributed by atoms with E-state index in [-0.39, 0.29) is 17.2 Å². The van der Waals surface area contributed by atoms with Crippen molar-refractivity contribution in [1.29, 1.82) is 0 Å². The molecule has 0 radical (unpaired) electrons. The predicted octanol–water partition coefficient (Wildman–Crippen LogP) is 5.44. The molecule has 0 aromatic heterocycles.